The molecule has 1 N–H and O–H groups in total. The van der Waals surface area contributed by atoms with Crippen LogP contribution in [0, 0.1) is 0 Å². The molecule has 0 fully saturated rings. The molecule has 1 unspecified atom stereocenters. The van der Waals surface area contributed by atoms with E-state index in [9.17, 15) is 4.79 Å². The maximum absolute atomic E-state index is 11.9. The maximum Gasteiger partial charge on any atom is 0.327 e. The van der Waals surface area contributed by atoms with E-state index in [2.05, 4.69) is 10.3 Å². The summed E-state index contributed by atoms with van der Waals surface area (Å²) in [6.45, 7) is 2.15. The molecular formula is C13H13N3O3. The molecular weight excluding hydrogens is 246 g/mol. The van der Waals surface area contributed by atoms with E-state index in [1.807, 2.05) is 25.1 Å². The van der Waals surface area contributed by atoms with Crippen LogP contribution in [-0.4, -0.2) is 22.4 Å². The molecule has 2 heterocycles. The van der Waals surface area contributed by atoms with Crippen molar-refractivity contribution in [3.63, 3.8) is 0 Å². The van der Waals surface area contributed by atoms with Gasteiger partial charge < -0.3 is 14.8 Å². The van der Waals surface area contributed by atoms with E-state index in [1.165, 1.54) is 10.9 Å². The van der Waals surface area contributed by atoms with Gasteiger partial charge in [0.1, 0.15) is 6.33 Å². The molecule has 6 nitrogen and oxygen atoms in total. The molecule has 2 aromatic rings. The lowest BCUT2D eigenvalue weighted by Crippen LogP contribution is -2.30. The topological polar surface area (TPSA) is 65.4 Å². The van der Waals surface area contributed by atoms with Gasteiger partial charge in [-0.2, -0.15) is 0 Å². The highest BCUT2D eigenvalue weighted by Crippen LogP contribution is 2.34. The molecule has 1 aromatic heterocycles. The molecule has 0 saturated carbocycles. The van der Waals surface area contributed by atoms with Gasteiger partial charge in [0, 0.05) is 12.4 Å². The normalized spacial score (nSPS) is 14.2. The minimum absolute atomic E-state index is 0.135. The minimum atomic E-state index is -0.220. The standard InChI is InChI=1S/C13H13N3O3/c1-9(15-13(17)16-5-4-14-7-16)10-2-3-11-12(6-10)19-8-18-11/h2-7,9H,8H2,1H3,(H,15,17). The Labute approximate surface area is 110 Å². The van der Waals surface area contributed by atoms with Crippen LogP contribution in [-0.2, 0) is 0 Å². The van der Waals surface area contributed by atoms with Crippen molar-refractivity contribution in [1.82, 2.24) is 14.9 Å². The second-order valence-electron chi connectivity index (χ2n) is 4.25. The Bertz CT molecular complexity index is 595. The third kappa shape index (κ3) is 2.24. The van der Waals surface area contributed by atoms with E-state index in [0.29, 0.717) is 5.75 Å². The smallest absolute Gasteiger partial charge is 0.327 e. The number of fused-ring (bicyclic) bond motifs is 1. The molecule has 0 spiro atoms. The van der Waals surface area contributed by atoms with Gasteiger partial charge in [0.25, 0.3) is 0 Å². The average Bonchev–Trinajstić information content (AvgIpc) is 3.09. The Kier molecular flexibility index (Phi) is 2.83. The molecule has 98 valence electrons. The van der Waals surface area contributed by atoms with Gasteiger partial charge in [0.05, 0.1) is 6.04 Å². The lowest BCUT2D eigenvalue weighted by Gasteiger charge is -2.14. The highest BCUT2D eigenvalue weighted by Gasteiger charge is 2.17. The van der Waals surface area contributed by atoms with Gasteiger partial charge in [0.2, 0.25) is 6.79 Å². The summed E-state index contributed by atoms with van der Waals surface area (Å²) < 4.78 is 12.0. The quantitative estimate of drug-likeness (QED) is 0.895. The largest absolute Gasteiger partial charge is 0.454 e. The van der Waals surface area contributed by atoms with Crippen LogP contribution in [0.1, 0.15) is 18.5 Å². The highest BCUT2D eigenvalue weighted by molar-refractivity contribution is 5.76. The van der Waals surface area contributed by atoms with Gasteiger partial charge in [-0.05, 0) is 24.6 Å². The molecule has 1 aliphatic rings. The van der Waals surface area contributed by atoms with Crippen molar-refractivity contribution in [1.29, 1.82) is 0 Å². The highest BCUT2D eigenvalue weighted by atomic mass is 16.7. The zero-order chi connectivity index (χ0) is 13.2. The Morgan fingerprint density at radius 1 is 1.42 bits per heavy atom. The Morgan fingerprint density at radius 3 is 3.05 bits per heavy atom. The number of ether oxygens (including phenoxy) is 2. The number of hydrogen-bond acceptors (Lipinski definition) is 4. The third-order valence-electron chi connectivity index (χ3n) is 2.98. The zero-order valence-electron chi connectivity index (χ0n) is 10.4. The first-order valence-electron chi connectivity index (χ1n) is 5.92. The molecule has 0 saturated heterocycles. The number of carbonyl (C=O) groups is 1. The van der Waals surface area contributed by atoms with E-state index < -0.39 is 0 Å². The van der Waals surface area contributed by atoms with Crippen molar-refractivity contribution in [2.24, 2.45) is 0 Å². The maximum atomic E-state index is 11.9. The lowest BCUT2D eigenvalue weighted by atomic mass is 10.1. The van der Waals surface area contributed by atoms with Crippen molar-refractivity contribution in [3.8, 4) is 11.5 Å². The van der Waals surface area contributed by atoms with Gasteiger partial charge >= 0.3 is 6.03 Å². The van der Waals surface area contributed by atoms with Gasteiger partial charge in [-0.3, -0.25) is 4.57 Å². The van der Waals surface area contributed by atoms with Crippen LogP contribution in [0.25, 0.3) is 0 Å². The number of benzene rings is 1. The molecule has 6 heteroatoms. The molecule has 19 heavy (non-hydrogen) atoms. The van der Waals surface area contributed by atoms with E-state index in [4.69, 9.17) is 9.47 Å². The van der Waals surface area contributed by atoms with Crippen LogP contribution in [0.3, 0.4) is 0 Å². The molecule has 1 atom stereocenters. The summed E-state index contributed by atoms with van der Waals surface area (Å²) in [5, 5.41) is 2.88. The molecule has 0 bridgehead atoms. The second kappa shape index (κ2) is 4.64. The lowest BCUT2D eigenvalue weighted by molar-refractivity contribution is 0.174. The predicted octanol–water partition coefficient (Wildman–Crippen LogP) is 1.93. The number of imidazole rings is 1. The summed E-state index contributed by atoms with van der Waals surface area (Å²) in [6, 6.07) is 5.28. The SMILES string of the molecule is CC(NC(=O)n1ccnc1)c1ccc2c(c1)OCO2. The van der Waals surface area contributed by atoms with Gasteiger partial charge in [0.15, 0.2) is 11.5 Å². The molecule has 0 radical (unpaired) electrons. The van der Waals surface area contributed by atoms with Gasteiger partial charge in [-0.25, -0.2) is 9.78 Å². The van der Waals surface area contributed by atoms with Crippen LogP contribution in [0.15, 0.2) is 36.9 Å². The van der Waals surface area contributed by atoms with Crippen molar-refractivity contribution in [2.45, 2.75) is 13.0 Å². The number of hydrogen-bond donors (Lipinski definition) is 1. The van der Waals surface area contributed by atoms with E-state index in [0.717, 1.165) is 11.3 Å². The van der Waals surface area contributed by atoms with Gasteiger partial charge in [-0.1, -0.05) is 6.07 Å². The summed E-state index contributed by atoms with van der Waals surface area (Å²) in [6.07, 6.45) is 4.62. The fourth-order valence-corrected chi connectivity index (χ4v) is 1.90. The number of aromatic nitrogens is 2. The summed E-state index contributed by atoms with van der Waals surface area (Å²) in [5.41, 5.74) is 0.956. The Morgan fingerprint density at radius 2 is 2.26 bits per heavy atom. The number of carbonyl (C=O) groups excluding carboxylic acids is 1. The summed E-state index contributed by atoms with van der Waals surface area (Å²) in [7, 11) is 0. The van der Waals surface area contributed by atoms with Crippen molar-refractivity contribution in [3.05, 3.63) is 42.5 Å². The minimum Gasteiger partial charge on any atom is -0.454 e. The van der Waals surface area contributed by atoms with Gasteiger partial charge in [-0.15, -0.1) is 0 Å². The number of rotatable bonds is 2. The monoisotopic (exact) mass is 259 g/mol. The van der Waals surface area contributed by atoms with Crippen molar-refractivity contribution >= 4 is 6.03 Å². The van der Waals surface area contributed by atoms with Crippen LogP contribution in [0.5, 0.6) is 11.5 Å². The molecule has 1 amide bonds. The van der Waals surface area contributed by atoms with E-state index in [-0.39, 0.29) is 18.9 Å². The Hall–Kier alpha value is -2.50. The molecule has 3 rings (SSSR count). The third-order valence-corrected chi connectivity index (χ3v) is 2.98. The van der Waals surface area contributed by atoms with Crippen LogP contribution in [0.4, 0.5) is 4.79 Å². The predicted molar refractivity (Wildman–Crippen MR) is 67.1 cm³/mol. The summed E-state index contributed by atoms with van der Waals surface area (Å²) >= 11 is 0. The first kappa shape index (κ1) is 11.6. The molecule has 0 aliphatic carbocycles. The number of nitrogens with one attached hydrogen (secondary N) is 1. The number of amides is 1. The van der Waals surface area contributed by atoms with Crippen LogP contribution < -0.4 is 14.8 Å². The number of nitrogens with zero attached hydrogens (tertiary/aromatic N) is 2. The summed E-state index contributed by atoms with van der Waals surface area (Å²) in [5.74, 6) is 1.44. The van der Waals surface area contributed by atoms with Crippen molar-refractivity contribution < 1.29 is 14.3 Å². The fraction of sp³-hybridized carbons (Fsp3) is 0.231. The fourth-order valence-electron chi connectivity index (χ4n) is 1.90. The Balaban J connectivity index is 1.73. The first-order chi connectivity index (χ1) is 9.24. The first-order valence-corrected chi connectivity index (χ1v) is 5.92. The zero-order valence-corrected chi connectivity index (χ0v) is 10.4. The van der Waals surface area contributed by atoms with Crippen molar-refractivity contribution in [2.75, 3.05) is 6.79 Å². The second-order valence-corrected chi connectivity index (χ2v) is 4.25. The van der Waals surface area contributed by atoms with E-state index in [1.54, 1.807) is 12.4 Å². The van der Waals surface area contributed by atoms with Crippen LogP contribution >= 0.6 is 0 Å². The van der Waals surface area contributed by atoms with Crippen LogP contribution in [0.2, 0.25) is 0 Å². The average molecular weight is 259 g/mol. The molecule has 1 aliphatic heterocycles. The van der Waals surface area contributed by atoms with E-state index >= 15 is 0 Å². The summed E-state index contributed by atoms with van der Waals surface area (Å²) in [4.78, 5) is 15.7. The molecule has 1 aromatic carbocycles.